The number of halogens is 1. The first kappa shape index (κ1) is 10.5. The number of aryl methyl sites for hydroxylation is 1. The fourth-order valence-electron chi connectivity index (χ4n) is 1.29. The molecule has 0 radical (unpaired) electrons. The van der Waals surface area contributed by atoms with Crippen molar-refractivity contribution in [1.29, 1.82) is 0 Å². The van der Waals surface area contributed by atoms with Gasteiger partial charge in [-0.05, 0) is 25.5 Å². The van der Waals surface area contributed by atoms with Gasteiger partial charge in [-0.25, -0.2) is 0 Å². The van der Waals surface area contributed by atoms with E-state index in [1.807, 2.05) is 32.3 Å². The highest BCUT2D eigenvalue weighted by molar-refractivity contribution is 14.1. The Morgan fingerprint density at radius 2 is 2.15 bits per heavy atom. The van der Waals surface area contributed by atoms with Crippen LogP contribution in [0.15, 0.2) is 23.2 Å². The van der Waals surface area contributed by atoms with Crippen molar-refractivity contribution in [2.24, 2.45) is 4.99 Å². The lowest BCUT2D eigenvalue weighted by atomic mass is 10.1. The van der Waals surface area contributed by atoms with Gasteiger partial charge in [0.05, 0.1) is 34.2 Å². The number of anilines is 1. The number of para-hydroxylation sites is 1. The van der Waals surface area contributed by atoms with Crippen LogP contribution < -0.4 is 3.11 Å². The van der Waals surface area contributed by atoms with Crippen molar-refractivity contribution in [1.82, 2.24) is 0 Å². The second kappa shape index (κ2) is 4.60. The monoisotopic (exact) mass is 288 g/mol. The van der Waals surface area contributed by atoms with E-state index in [4.69, 9.17) is 0 Å². The Balaban J connectivity index is 3.25. The molecule has 70 valence electrons. The Bertz CT molecular complexity index is 319. The lowest BCUT2D eigenvalue weighted by Crippen LogP contribution is -2.01. The average molecular weight is 288 g/mol. The van der Waals surface area contributed by atoms with Gasteiger partial charge in [-0.1, -0.05) is 12.1 Å². The molecule has 0 atom stereocenters. The van der Waals surface area contributed by atoms with Crippen molar-refractivity contribution in [3.05, 3.63) is 23.8 Å². The first-order valence-electron chi connectivity index (χ1n) is 4.14. The molecule has 0 bridgehead atoms. The fourth-order valence-corrected chi connectivity index (χ4v) is 1.92. The standard InChI is InChI=1S/C10H13IN2/c1-4-12-9-7-5-6-8(2)10(9)13(3)11/h4-7H,1-3H3/b12-4+. The Kier molecular flexibility index (Phi) is 3.71. The van der Waals surface area contributed by atoms with E-state index >= 15 is 0 Å². The van der Waals surface area contributed by atoms with Gasteiger partial charge in [0.25, 0.3) is 0 Å². The van der Waals surface area contributed by atoms with Crippen LogP contribution in [-0.4, -0.2) is 13.3 Å². The lowest BCUT2D eigenvalue weighted by molar-refractivity contribution is 1.32. The first-order chi connectivity index (χ1) is 6.16. The van der Waals surface area contributed by atoms with Crippen LogP contribution in [0.1, 0.15) is 12.5 Å². The molecule has 0 fully saturated rings. The predicted octanol–water partition coefficient (Wildman–Crippen LogP) is 3.50. The van der Waals surface area contributed by atoms with Crippen molar-refractivity contribution < 1.29 is 0 Å². The molecule has 2 nitrogen and oxygen atoms in total. The highest BCUT2D eigenvalue weighted by Gasteiger charge is 2.06. The van der Waals surface area contributed by atoms with E-state index in [9.17, 15) is 0 Å². The Morgan fingerprint density at radius 3 is 2.69 bits per heavy atom. The van der Waals surface area contributed by atoms with Crippen molar-refractivity contribution >= 4 is 40.5 Å². The topological polar surface area (TPSA) is 15.6 Å². The summed E-state index contributed by atoms with van der Waals surface area (Å²) in [5.74, 6) is 0. The number of benzene rings is 1. The van der Waals surface area contributed by atoms with Gasteiger partial charge >= 0.3 is 0 Å². The highest BCUT2D eigenvalue weighted by Crippen LogP contribution is 2.32. The minimum absolute atomic E-state index is 1.03. The third-order valence-electron chi connectivity index (χ3n) is 1.79. The molecular weight excluding hydrogens is 275 g/mol. The van der Waals surface area contributed by atoms with Gasteiger partial charge in [0.1, 0.15) is 0 Å². The largest absolute Gasteiger partial charge is 0.316 e. The molecule has 0 aliphatic carbocycles. The summed E-state index contributed by atoms with van der Waals surface area (Å²) in [5.41, 5.74) is 3.46. The molecule has 0 heterocycles. The van der Waals surface area contributed by atoms with E-state index in [1.165, 1.54) is 11.3 Å². The summed E-state index contributed by atoms with van der Waals surface area (Å²) in [6.45, 7) is 4.03. The number of hydrogen-bond acceptors (Lipinski definition) is 2. The van der Waals surface area contributed by atoms with Gasteiger partial charge < -0.3 is 3.11 Å². The second-order valence-corrected chi connectivity index (χ2v) is 4.25. The minimum Gasteiger partial charge on any atom is -0.316 e. The normalized spacial score (nSPS) is 10.8. The molecule has 0 amide bonds. The van der Waals surface area contributed by atoms with E-state index in [-0.39, 0.29) is 0 Å². The summed E-state index contributed by atoms with van der Waals surface area (Å²) in [6, 6.07) is 6.15. The molecule has 13 heavy (non-hydrogen) atoms. The van der Waals surface area contributed by atoms with Crippen LogP contribution in [0, 0.1) is 6.92 Å². The van der Waals surface area contributed by atoms with Gasteiger partial charge in [0, 0.05) is 13.3 Å². The lowest BCUT2D eigenvalue weighted by Gasteiger charge is -2.15. The molecule has 0 spiro atoms. The third kappa shape index (κ3) is 2.43. The molecule has 1 aromatic rings. The van der Waals surface area contributed by atoms with Crippen molar-refractivity contribution in [3.8, 4) is 0 Å². The molecular formula is C10H13IN2. The van der Waals surface area contributed by atoms with Crippen molar-refractivity contribution in [3.63, 3.8) is 0 Å². The van der Waals surface area contributed by atoms with E-state index in [1.54, 1.807) is 0 Å². The van der Waals surface area contributed by atoms with Crippen molar-refractivity contribution in [2.45, 2.75) is 13.8 Å². The van der Waals surface area contributed by atoms with Crippen LogP contribution >= 0.6 is 22.9 Å². The maximum Gasteiger partial charge on any atom is 0.0868 e. The smallest absolute Gasteiger partial charge is 0.0868 e. The van der Waals surface area contributed by atoms with Crippen LogP contribution in [-0.2, 0) is 0 Å². The molecule has 0 aliphatic rings. The Labute approximate surface area is 93.2 Å². The summed E-state index contributed by atoms with van der Waals surface area (Å²) in [6.07, 6.45) is 1.82. The van der Waals surface area contributed by atoms with Crippen LogP contribution in [0.2, 0.25) is 0 Å². The van der Waals surface area contributed by atoms with E-state index in [2.05, 4.69) is 44.0 Å². The molecule has 0 saturated heterocycles. The number of hydrogen-bond donors (Lipinski definition) is 0. The van der Waals surface area contributed by atoms with Crippen LogP contribution in [0.4, 0.5) is 11.4 Å². The summed E-state index contributed by atoms with van der Waals surface area (Å²) < 4.78 is 2.06. The molecule has 3 heteroatoms. The van der Waals surface area contributed by atoms with Crippen LogP contribution in [0.5, 0.6) is 0 Å². The van der Waals surface area contributed by atoms with Gasteiger partial charge in [0.15, 0.2) is 0 Å². The number of aliphatic imine (C=N–C) groups is 1. The van der Waals surface area contributed by atoms with Crippen LogP contribution in [0.3, 0.4) is 0 Å². The molecule has 0 aromatic heterocycles. The SMILES string of the molecule is C/C=N/c1cccc(C)c1N(C)I. The van der Waals surface area contributed by atoms with E-state index < -0.39 is 0 Å². The number of nitrogens with zero attached hydrogens (tertiary/aromatic N) is 2. The van der Waals surface area contributed by atoms with Gasteiger partial charge in [0.2, 0.25) is 0 Å². The van der Waals surface area contributed by atoms with Gasteiger partial charge in [-0.2, -0.15) is 0 Å². The maximum atomic E-state index is 4.32. The first-order valence-corrected chi connectivity index (χ1v) is 5.11. The molecule has 0 aliphatic heterocycles. The molecule has 0 N–H and O–H groups in total. The van der Waals surface area contributed by atoms with Crippen molar-refractivity contribution in [2.75, 3.05) is 10.2 Å². The van der Waals surface area contributed by atoms with E-state index in [0.717, 1.165) is 5.69 Å². The molecule has 0 unspecified atom stereocenters. The zero-order valence-corrected chi connectivity index (χ0v) is 10.2. The predicted molar refractivity (Wildman–Crippen MR) is 67.4 cm³/mol. The Morgan fingerprint density at radius 1 is 1.46 bits per heavy atom. The zero-order chi connectivity index (χ0) is 9.84. The van der Waals surface area contributed by atoms with Gasteiger partial charge in [-0.15, -0.1) is 0 Å². The maximum absolute atomic E-state index is 4.32. The highest BCUT2D eigenvalue weighted by atomic mass is 127. The molecule has 1 rings (SSSR count). The quantitative estimate of drug-likeness (QED) is 0.462. The zero-order valence-electron chi connectivity index (χ0n) is 8.08. The molecule has 0 saturated carbocycles. The fraction of sp³-hybridized carbons (Fsp3) is 0.300. The number of rotatable bonds is 2. The Hall–Kier alpha value is -0.580. The summed E-state index contributed by atoms with van der Waals surface area (Å²) in [7, 11) is 2.03. The second-order valence-electron chi connectivity index (χ2n) is 2.81. The van der Waals surface area contributed by atoms with Crippen LogP contribution in [0.25, 0.3) is 0 Å². The minimum atomic E-state index is 1.03. The summed E-state index contributed by atoms with van der Waals surface area (Å²) >= 11 is 2.26. The van der Waals surface area contributed by atoms with Gasteiger partial charge in [-0.3, -0.25) is 4.99 Å². The summed E-state index contributed by atoms with van der Waals surface area (Å²) in [4.78, 5) is 4.32. The molecule has 1 aromatic carbocycles. The summed E-state index contributed by atoms with van der Waals surface area (Å²) in [5, 5.41) is 0. The average Bonchev–Trinajstić information content (AvgIpc) is 2.04. The third-order valence-corrected chi connectivity index (χ3v) is 2.28. The van der Waals surface area contributed by atoms with E-state index in [0.29, 0.717) is 0 Å².